The maximum Gasteiger partial charge on any atom is 0.494 e. The van der Waals surface area contributed by atoms with Gasteiger partial charge in [0.15, 0.2) is 0 Å². The Morgan fingerprint density at radius 3 is 2.14 bits per heavy atom. The largest absolute Gasteiger partial charge is 0.497 e. The minimum absolute atomic E-state index is 0.333. The van der Waals surface area contributed by atoms with Crippen molar-refractivity contribution in [2.24, 2.45) is 0 Å². The third kappa shape index (κ3) is 2.58. The van der Waals surface area contributed by atoms with Crippen molar-refractivity contribution in [2.75, 3.05) is 20.3 Å². The predicted molar refractivity (Wildman–Crippen MR) is 82.3 cm³/mol. The highest BCUT2D eigenvalue weighted by Gasteiger charge is 2.51. The second kappa shape index (κ2) is 5.01. The topological polar surface area (TPSA) is 36.9 Å². The molecule has 114 valence electrons. The van der Waals surface area contributed by atoms with Gasteiger partial charge < -0.3 is 18.8 Å². The first-order valence-electron chi connectivity index (χ1n) is 7.45. The Kier molecular flexibility index (Phi) is 3.55. The number of rotatable bonds is 3. The molecule has 0 amide bonds. The van der Waals surface area contributed by atoms with E-state index in [0.717, 1.165) is 24.4 Å². The Morgan fingerprint density at radius 1 is 1.05 bits per heavy atom. The van der Waals surface area contributed by atoms with E-state index >= 15 is 0 Å². The summed E-state index contributed by atoms with van der Waals surface area (Å²) in [4.78, 5) is 0. The van der Waals surface area contributed by atoms with Crippen LogP contribution in [0.15, 0.2) is 18.2 Å². The first-order valence-corrected chi connectivity index (χ1v) is 7.45. The zero-order chi connectivity index (χ0) is 15.3. The second-order valence-corrected chi connectivity index (χ2v) is 6.86. The van der Waals surface area contributed by atoms with Crippen LogP contribution < -0.4 is 10.2 Å². The van der Waals surface area contributed by atoms with Crippen molar-refractivity contribution in [1.29, 1.82) is 0 Å². The van der Waals surface area contributed by atoms with Crippen LogP contribution in [0.2, 0.25) is 0 Å². The lowest BCUT2D eigenvalue weighted by Crippen LogP contribution is -2.41. The van der Waals surface area contributed by atoms with Crippen LogP contribution in [-0.4, -0.2) is 38.6 Å². The number of hydrogen-bond donors (Lipinski definition) is 0. The van der Waals surface area contributed by atoms with Gasteiger partial charge in [-0.1, -0.05) is 6.07 Å². The molecule has 0 radical (unpaired) electrons. The predicted octanol–water partition coefficient (Wildman–Crippen LogP) is 2.11. The smallest absolute Gasteiger partial charge is 0.494 e. The van der Waals surface area contributed by atoms with E-state index in [9.17, 15) is 0 Å². The summed E-state index contributed by atoms with van der Waals surface area (Å²) >= 11 is 0. The van der Waals surface area contributed by atoms with E-state index in [-0.39, 0.29) is 18.3 Å². The standard InChI is InChI=1S/C16H23BO4/c1-15(2)16(3,4)21-17(20-15)13-6-11(12-9-19-10-12)7-14(8-13)18-5/h6-8,12H,9-10H2,1-5H3. The minimum Gasteiger partial charge on any atom is -0.497 e. The molecule has 0 spiro atoms. The van der Waals surface area contributed by atoms with Crippen LogP contribution in [0.5, 0.6) is 5.75 Å². The maximum atomic E-state index is 6.13. The first-order chi connectivity index (χ1) is 9.82. The molecule has 5 heteroatoms. The van der Waals surface area contributed by atoms with Crippen molar-refractivity contribution in [3.8, 4) is 5.75 Å². The summed E-state index contributed by atoms with van der Waals surface area (Å²) in [5.41, 5.74) is 1.57. The fourth-order valence-electron chi connectivity index (χ4n) is 2.54. The molecule has 1 aromatic rings. The van der Waals surface area contributed by atoms with E-state index in [0.29, 0.717) is 5.92 Å². The van der Waals surface area contributed by atoms with Crippen molar-refractivity contribution < 1.29 is 18.8 Å². The molecule has 2 heterocycles. The summed E-state index contributed by atoms with van der Waals surface area (Å²) in [6.07, 6.45) is 0. The highest BCUT2D eigenvalue weighted by molar-refractivity contribution is 6.62. The third-order valence-electron chi connectivity index (χ3n) is 4.82. The van der Waals surface area contributed by atoms with Crippen molar-refractivity contribution in [3.05, 3.63) is 23.8 Å². The van der Waals surface area contributed by atoms with Gasteiger partial charge in [0.05, 0.1) is 31.5 Å². The molecule has 2 aliphatic heterocycles. The Balaban J connectivity index is 1.91. The zero-order valence-corrected chi connectivity index (χ0v) is 13.4. The summed E-state index contributed by atoms with van der Waals surface area (Å²) in [5.74, 6) is 1.28. The molecule has 0 N–H and O–H groups in total. The normalized spacial score (nSPS) is 24.0. The van der Waals surface area contributed by atoms with Gasteiger partial charge in [-0.15, -0.1) is 0 Å². The number of benzene rings is 1. The van der Waals surface area contributed by atoms with Gasteiger partial charge >= 0.3 is 7.12 Å². The summed E-state index contributed by atoms with van der Waals surface area (Å²) < 4.78 is 23.0. The van der Waals surface area contributed by atoms with E-state index in [1.807, 2.05) is 6.07 Å². The molecule has 0 bridgehead atoms. The van der Waals surface area contributed by atoms with E-state index < -0.39 is 0 Å². The highest BCUT2D eigenvalue weighted by Crippen LogP contribution is 2.37. The molecule has 1 aromatic carbocycles. The van der Waals surface area contributed by atoms with Gasteiger partial charge in [0, 0.05) is 5.92 Å². The van der Waals surface area contributed by atoms with Crippen molar-refractivity contribution in [3.63, 3.8) is 0 Å². The molecule has 2 fully saturated rings. The van der Waals surface area contributed by atoms with Crippen LogP contribution >= 0.6 is 0 Å². The van der Waals surface area contributed by atoms with Gasteiger partial charge in [-0.3, -0.25) is 0 Å². The van der Waals surface area contributed by atoms with E-state index in [1.54, 1.807) is 7.11 Å². The lowest BCUT2D eigenvalue weighted by molar-refractivity contribution is 0.00578. The highest BCUT2D eigenvalue weighted by atomic mass is 16.7. The molecule has 0 aromatic heterocycles. The fourth-order valence-corrected chi connectivity index (χ4v) is 2.54. The molecule has 0 saturated carbocycles. The molecular weight excluding hydrogens is 267 g/mol. The lowest BCUT2D eigenvalue weighted by Gasteiger charge is -2.32. The number of methoxy groups -OCH3 is 1. The van der Waals surface area contributed by atoms with Gasteiger partial charge in [0.2, 0.25) is 0 Å². The molecule has 3 rings (SSSR count). The van der Waals surface area contributed by atoms with Crippen LogP contribution in [0.3, 0.4) is 0 Å². The van der Waals surface area contributed by atoms with Gasteiger partial charge in [-0.25, -0.2) is 0 Å². The Bertz CT molecular complexity index is 521. The van der Waals surface area contributed by atoms with Crippen LogP contribution in [0.1, 0.15) is 39.2 Å². The minimum atomic E-state index is -0.357. The van der Waals surface area contributed by atoms with Crippen molar-refractivity contribution in [2.45, 2.75) is 44.8 Å². The molecular formula is C16H23BO4. The van der Waals surface area contributed by atoms with Crippen LogP contribution in [0.4, 0.5) is 0 Å². The average molecular weight is 290 g/mol. The van der Waals surface area contributed by atoms with Crippen LogP contribution in [-0.2, 0) is 14.0 Å². The van der Waals surface area contributed by atoms with Gasteiger partial charge in [0.25, 0.3) is 0 Å². The van der Waals surface area contributed by atoms with E-state index in [1.165, 1.54) is 5.56 Å². The molecule has 2 aliphatic rings. The molecule has 2 saturated heterocycles. The monoisotopic (exact) mass is 290 g/mol. The van der Waals surface area contributed by atoms with Gasteiger partial charge in [-0.2, -0.15) is 0 Å². The zero-order valence-electron chi connectivity index (χ0n) is 13.4. The van der Waals surface area contributed by atoms with E-state index in [4.69, 9.17) is 18.8 Å². The lowest BCUT2D eigenvalue weighted by atomic mass is 9.77. The molecule has 0 aliphatic carbocycles. The van der Waals surface area contributed by atoms with Crippen LogP contribution in [0.25, 0.3) is 0 Å². The average Bonchev–Trinajstić information content (AvgIpc) is 2.56. The maximum absolute atomic E-state index is 6.13. The Morgan fingerprint density at radius 2 is 1.67 bits per heavy atom. The third-order valence-corrected chi connectivity index (χ3v) is 4.82. The molecule has 21 heavy (non-hydrogen) atoms. The summed E-state index contributed by atoms with van der Waals surface area (Å²) in [6.45, 7) is 9.80. The van der Waals surface area contributed by atoms with Gasteiger partial charge in [0.1, 0.15) is 5.75 Å². The van der Waals surface area contributed by atoms with E-state index in [2.05, 4.69) is 39.8 Å². The quantitative estimate of drug-likeness (QED) is 0.799. The molecule has 0 atom stereocenters. The first kappa shape index (κ1) is 14.9. The second-order valence-electron chi connectivity index (χ2n) is 6.86. The van der Waals surface area contributed by atoms with Gasteiger partial charge in [-0.05, 0) is 50.9 Å². The molecule has 4 nitrogen and oxygen atoms in total. The SMILES string of the molecule is COc1cc(B2OC(C)(C)C(C)(C)O2)cc(C2COC2)c1. The van der Waals surface area contributed by atoms with Crippen molar-refractivity contribution >= 4 is 12.6 Å². The Hall–Kier alpha value is -1.04. The molecule has 0 unspecified atom stereocenters. The van der Waals surface area contributed by atoms with Crippen LogP contribution in [0, 0.1) is 0 Å². The summed E-state index contributed by atoms with van der Waals surface area (Å²) in [6, 6.07) is 6.21. The summed E-state index contributed by atoms with van der Waals surface area (Å²) in [5, 5.41) is 0. The van der Waals surface area contributed by atoms with Crippen molar-refractivity contribution in [1.82, 2.24) is 0 Å². The summed E-state index contributed by atoms with van der Waals surface area (Å²) in [7, 11) is 1.33. The Labute approximate surface area is 126 Å². The fraction of sp³-hybridized carbons (Fsp3) is 0.625. The number of hydrogen-bond acceptors (Lipinski definition) is 4. The number of ether oxygens (including phenoxy) is 2.